The largest absolute Gasteiger partial charge is 0.377 e. The highest BCUT2D eigenvalue weighted by atomic mass is 32.1. The zero-order valence-corrected chi connectivity index (χ0v) is 19.5. The van der Waals surface area contributed by atoms with Crippen LogP contribution in [-0.2, 0) is 11.3 Å². The van der Waals surface area contributed by atoms with Crippen molar-refractivity contribution in [2.75, 3.05) is 19.7 Å². The van der Waals surface area contributed by atoms with Gasteiger partial charge in [0.05, 0.1) is 10.8 Å². The van der Waals surface area contributed by atoms with Gasteiger partial charge >= 0.3 is 0 Å². The number of piperidine rings is 1. The predicted molar refractivity (Wildman–Crippen MR) is 124 cm³/mol. The van der Waals surface area contributed by atoms with Gasteiger partial charge in [0.2, 0.25) is 0 Å². The third kappa shape index (κ3) is 4.88. The van der Waals surface area contributed by atoms with Crippen LogP contribution < -0.4 is 0 Å². The normalized spacial score (nSPS) is 21.1. The third-order valence-corrected chi connectivity index (χ3v) is 7.70. The van der Waals surface area contributed by atoms with Gasteiger partial charge in [-0.25, -0.2) is 4.98 Å². The Hall–Kier alpha value is -1.34. The second-order valence-electron chi connectivity index (χ2n) is 9.12. The maximum Gasteiger partial charge on any atom is 0.143 e. The summed E-state index contributed by atoms with van der Waals surface area (Å²) in [4.78, 5) is 13.2. The zero-order valence-electron chi connectivity index (χ0n) is 17.9. The number of fused-ring (bicyclic) bond motifs is 1. The van der Waals surface area contributed by atoms with E-state index in [-0.39, 0.29) is 0 Å². The van der Waals surface area contributed by atoms with Crippen LogP contribution in [0.5, 0.6) is 0 Å². The third-order valence-electron chi connectivity index (χ3n) is 5.77. The molecule has 3 aromatic heterocycles. The first kappa shape index (κ1) is 20.9. The van der Waals surface area contributed by atoms with Crippen molar-refractivity contribution in [2.45, 2.75) is 53.2 Å². The van der Waals surface area contributed by atoms with Gasteiger partial charge < -0.3 is 4.74 Å². The summed E-state index contributed by atoms with van der Waals surface area (Å²) >= 11 is 3.52. The van der Waals surface area contributed by atoms with Crippen LogP contribution in [0, 0.1) is 11.3 Å². The zero-order chi connectivity index (χ0) is 20.4. The number of hydrogen-bond acceptors (Lipinski definition) is 6. The first-order valence-corrected chi connectivity index (χ1v) is 12.2. The van der Waals surface area contributed by atoms with Gasteiger partial charge in [-0.1, -0.05) is 27.7 Å². The molecule has 2 atom stereocenters. The van der Waals surface area contributed by atoms with Crippen LogP contribution >= 0.6 is 22.7 Å². The topological polar surface area (TPSA) is 38.2 Å². The molecular weight excluding hydrogens is 398 g/mol. The molecule has 0 aliphatic carbocycles. The lowest BCUT2D eigenvalue weighted by atomic mass is 9.75. The Morgan fingerprint density at radius 3 is 2.86 bits per heavy atom. The summed E-state index contributed by atoms with van der Waals surface area (Å²) in [6.07, 6.45) is 6.51. The molecule has 4 rings (SSSR count). The van der Waals surface area contributed by atoms with E-state index in [0.717, 1.165) is 49.8 Å². The van der Waals surface area contributed by atoms with Crippen LogP contribution in [0.4, 0.5) is 0 Å². The average Bonchev–Trinajstić information content (AvgIpc) is 3.34. The minimum atomic E-state index is 0.296. The molecule has 1 aliphatic heterocycles. The van der Waals surface area contributed by atoms with Crippen molar-refractivity contribution in [3.05, 3.63) is 34.8 Å². The highest BCUT2D eigenvalue weighted by molar-refractivity contribution is 7.19. The van der Waals surface area contributed by atoms with Crippen LogP contribution in [0.25, 0.3) is 20.8 Å². The van der Waals surface area contributed by atoms with Gasteiger partial charge in [0.15, 0.2) is 0 Å². The fourth-order valence-corrected chi connectivity index (χ4v) is 5.97. The summed E-state index contributed by atoms with van der Waals surface area (Å²) in [6, 6.07) is 4.22. The molecule has 0 spiro atoms. The van der Waals surface area contributed by atoms with Gasteiger partial charge in [-0.2, -0.15) is 0 Å². The Bertz CT molecular complexity index is 943. The lowest BCUT2D eigenvalue weighted by Gasteiger charge is -2.43. The molecule has 156 valence electrons. The molecular formula is C23H31N3OS2. The molecule has 1 saturated heterocycles. The summed E-state index contributed by atoms with van der Waals surface area (Å²) < 4.78 is 7.41. The highest BCUT2D eigenvalue weighted by Gasteiger charge is 2.34. The van der Waals surface area contributed by atoms with Crippen molar-refractivity contribution in [2.24, 2.45) is 11.3 Å². The Morgan fingerprint density at radius 2 is 2.07 bits per heavy atom. The van der Waals surface area contributed by atoms with Crippen LogP contribution in [0.2, 0.25) is 0 Å². The van der Waals surface area contributed by atoms with Crippen molar-refractivity contribution in [1.29, 1.82) is 0 Å². The second-order valence-corrected chi connectivity index (χ2v) is 11.1. The summed E-state index contributed by atoms with van der Waals surface area (Å²) in [5.41, 5.74) is 1.31. The fourth-order valence-electron chi connectivity index (χ4n) is 4.06. The maximum absolute atomic E-state index is 6.18. The molecule has 6 heteroatoms. The minimum Gasteiger partial charge on any atom is -0.377 e. The number of rotatable bonds is 6. The molecule has 0 saturated carbocycles. The standard InChI is InChI=1S/C23H31N3OS2/c1-5-9-27-18-11-17(23(2,3)4)13-26(14-18)15-19-12-25-22(29-19)20-21-16(6-8-24-20)7-10-28-21/h6-8,10,12,17-18H,5,9,11,13-15H2,1-4H3. The number of pyridine rings is 1. The SMILES string of the molecule is CCCOC1CC(C(C)(C)C)CN(Cc2cnc(-c3nccc4ccsc34)s2)C1. The van der Waals surface area contributed by atoms with Crippen LogP contribution in [-0.4, -0.2) is 40.7 Å². The molecule has 29 heavy (non-hydrogen) atoms. The van der Waals surface area contributed by atoms with Gasteiger partial charge in [0, 0.05) is 43.5 Å². The number of nitrogens with zero attached hydrogens (tertiary/aromatic N) is 3. The maximum atomic E-state index is 6.18. The highest BCUT2D eigenvalue weighted by Crippen LogP contribution is 2.36. The Kier molecular flexibility index (Phi) is 6.35. The molecule has 0 amide bonds. The average molecular weight is 430 g/mol. The number of likely N-dealkylation sites (tertiary alicyclic amines) is 1. The van der Waals surface area contributed by atoms with E-state index >= 15 is 0 Å². The fraction of sp³-hybridized carbons (Fsp3) is 0.565. The Labute approximate surface area is 182 Å². The molecule has 2 unspecified atom stereocenters. The smallest absolute Gasteiger partial charge is 0.143 e. The van der Waals surface area contributed by atoms with Crippen LogP contribution in [0.3, 0.4) is 0 Å². The number of ether oxygens (including phenoxy) is 1. The number of aromatic nitrogens is 2. The molecule has 0 radical (unpaired) electrons. The van der Waals surface area contributed by atoms with E-state index in [1.54, 1.807) is 22.7 Å². The van der Waals surface area contributed by atoms with Crippen LogP contribution in [0.15, 0.2) is 29.9 Å². The molecule has 4 nitrogen and oxygen atoms in total. The van der Waals surface area contributed by atoms with Gasteiger partial charge in [-0.3, -0.25) is 9.88 Å². The van der Waals surface area contributed by atoms with Gasteiger partial charge in [0.1, 0.15) is 10.7 Å². The van der Waals surface area contributed by atoms with E-state index in [4.69, 9.17) is 9.72 Å². The lowest BCUT2D eigenvalue weighted by Crippen LogP contribution is -2.47. The van der Waals surface area contributed by atoms with Crippen molar-refractivity contribution in [1.82, 2.24) is 14.9 Å². The first-order chi connectivity index (χ1) is 13.9. The summed E-state index contributed by atoms with van der Waals surface area (Å²) in [5, 5.41) is 4.40. The summed E-state index contributed by atoms with van der Waals surface area (Å²) in [7, 11) is 0. The minimum absolute atomic E-state index is 0.296. The van der Waals surface area contributed by atoms with Gasteiger partial charge in [0.25, 0.3) is 0 Å². The van der Waals surface area contributed by atoms with E-state index in [2.05, 4.69) is 55.1 Å². The molecule has 4 heterocycles. The molecule has 0 aromatic carbocycles. The first-order valence-electron chi connectivity index (χ1n) is 10.5. The molecule has 1 fully saturated rings. The van der Waals surface area contributed by atoms with E-state index in [1.807, 2.05) is 12.4 Å². The van der Waals surface area contributed by atoms with Crippen LogP contribution in [0.1, 0.15) is 45.4 Å². The summed E-state index contributed by atoms with van der Waals surface area (Å²) in [6.45, 7) is 13.2. The van der Waals surface area contributed by atoms with Crippen molar-refractivity contribution in [3.63, 3.8) is 0 Å². The molecule has 0 bridgehead atoms. The Balaban J connectivity index is 1.50. The van der Waals surface area contributed by atoms with Crippen molar-refractivity contribution in [3.8, 4) is 10.7 Å². The number of hydrogen-bond donors (Lipinski definition) is 0. The lowest BCUT2D eigenvalue weighted by molar-refractivity contribution is -0.0427. The monoisotopic (exact) mass is 429 g/mol. The number of thiazole rings is 1. The quantitative estimate of drug-likeness (QED) is 0.476. The van der Waals surface area contributed by atoms with E-state index in [1.165, 1.54) is 15.0 Å². The number of thiophene rings is 1. The molecule has 1 aliphatic rings. The second kappa shape index (κ2) is 8.80. The van der Waals surface area contributed by atoms with Crippen molar-refractivity contribution < 1.29 is 4.74 Å². The van der Waals surface area contributed by atoms with Gasteiger partial charge in [-0.15, -0.1) is 22.7 Å². The van der Waals surface area contributed by atoms with E-state index in [9.17, 15) is 0 Å². The molecule has 0 N–H and O–H groups in total. The summed E-state index contributed by atoms with van der Waals surface area (Å²) in [5.74, 6) is 0.645. The van der Waals surface area contributed by atoms with E-state index in [0.29, 0.717) is 17.4 Å². The van der Waals surface area contributed by atoms with E-state index < -0.39 is 0 Å². The predicted octanol–water partition coefficient (Wildman–Crippen LogP) is 6.08. The Morgan fingerprint density at radius 1 is 1.21 bits per heavy atom. The van der Waals surface area contributed by atoms with Crippen molar-refractivity contribution >= 4 is 32.8 Å². The van der Waals surface area contributed by atoms with Gasteiger partial charge in [-0.05, 0) is 47.1 Å². The molecule has 3 aromatic rings.